The maximum atomic E-state index is 13.2. The van der Waals surface area contributed by atoms with E-state index < -0.39 is 54.4 Å². The molecule has 1 aromatic heterocycles. The number of rotatable bonds is 13. The second-order valence-electron chi connectivity index (χ2n) is 10.4. The van der Waals surface area contributed by atoms with Crippen molar-refractivity contribution in [2.24, 2.45) is 5.16 Å². The first-order valence-electron chi connectivity index (χ1n) is 14.2. The first kappa shape index (κ1) is 31.5. The number of carboxylic acid groups (broad SMARTS) is 1. The van der Waals surface area contributed by atoms with Crippen LogP contribution in [0.4, 0.5) is 9.93 Å². The minimum atomic E-state index is -1.62. The fraction of sp³-hybridized carbons (Fsp3) is 0.444. The predicted octanol–water partition coefficient (Wildman–Crippen LogP) is -0.919. The van der Waals surface area contributed by atoms with Crippen LogP contribution >= 0.6 is 11.3 Å². The Morgan fingerprint density at radius 3 is 2.62 bits per heavy atom. The van der Waals surface area contributed by atoms with E-state index in [4.69, 9.17) is 25.5 Å². The van der Waals surface area contributed by atoms with Crippen LogP contribution in [0, 0.1) is 5.41 Å². The van der Waals surface area contributed by atoms with Crippen LogP contribution in [0.2, 0.25) is 0 Å². The van der Waals surface area contributed by atoms with Crippen LogP contribution in [-0.4, -0.2) is 114 Å². The summed E-state index contributed by atoms with van der Waals surface area (Å²) >= 11 is 1.02. The largest absolute Gasteiger partial charge is 0.489 e. The van der Waals surface area contributed by atoms with Gasteiger partial charge in [-0.1, -0.05) is 5.16 Å². The maximum Gasteiger partial charge on any atom is 0.410 e. The molecule has 240 valence electrons. The van der Waals surface area contributed by atoms with E-state index in [2.05, 4.69) is 31.4 Å². The molecule has 0 unspecified atom stereocenters. The normalized spacial score (nSPS) is 20.8. The average molecular weight is 644 g/mol. The number of nitrogens with one attached hydrogen (secondary N) is 5. The summed E-state index contributed by atoms with van der Waals surface area (Å²) in [7, 11) is 0. The number of aromatic nitrogens is 1. The van der Waals surface area contributed by atoms with E-state index in [0.29, 0.717) is 17.9 Å². The minimum Gasteiger partial charge on any atom is -0.489 e. The average Bonchev–Trinajstić information content (AvgIpc) is 3.65. The van der Waals surface area contributed by atoms with Gasteiger partial charge in [-0.25, -0.2) is 14.6 Å². The molecule has 1 aromatic carbocycles. The number of piperidine rings is 1. The van der Waals surface area contributed by atoms with Crippen molar-refractivity contribution in [2.75, 3.05) is 45.1 Å². The number of carbonyl (C=O) groups excluding carboxylic acids is 3. The van der Waals surface area contributed by atoms with Crippen molar-refractivity contribution in [2.45, 2.75) is 37.1 Å². The number of benzene rings is 1. The van der Waals surface area contributed by atoms with Gasteiger partial charge in [0.25, 0.3) is 12.0 Å². The van der Waals surface area contributed by atoms with E-state index in [1.54, 1.807) is 24.3 Å². The van der Waals surface area contributed by atoms with Crippen molar-refractivity contribution in [3.63, 3.8) is 0 Å². The third-order valence-electron chi connectivity index (χ3n) is 7.32. The summed E-state index contributed by atoms with van der Waals surface area (Å²) in [6, 6.07) is 5.23. The lowest BCUT2D eigenvalue weighted by molar-refractivity contribution is -0.152. The molecule has 18 heteroatoms. The van der Waals surface area contributed by atoms with Crippen LogP contribution in [0.3, 0.4) is 0 Å². The Hall–Kier alpha value is -4.97. The van der Waals surface area contributed by atoms with Gasteiger partial charge < -0.3 is 51.3 Å². The quantitative estimate of drug-likeness (QED) is 0.0607. The first-order valence-corrected chi connectivity index (χ1v) is 15.1. The summed E-state index contributed by atoms with van der Waals surface area (Å²) in [4.78, 5) is 59.9. The number of nitrogens with two attached hydrogens (primary N) is 1. The lowest BCUT2D eigenvalue weighted by atomic mass is 9.98. The molecular weight excluding hydrogens is 610 g/mol. The van der Waals surface area contributed by atoms with Gasteiger partial charge in [0.15, 0.2) is 10.8 Å². The number of cyclic esters (lactones) is 1. The first-order chi connectivity index (χ1) is 21.7. The lowest BCUT2D eigenvalue weighted by Crippen LogP contribution is -2.72. The van der Waals surface area contributed by atoms with Crippen molar-refractivity contribution in [3.8, 4) is 5.75 Å². The SMILES string of the molecule is N=C(NC1CCNCC1)c1ccc(OC[C@H](ON=C(C(=O)N[C@@H]2C(=O)N[C@H]2CN2CCOC2=O)c2csc(N)n2)C(=O)O)cc1. The molecule has 3 aliphatic rings. The van der Waals surface area contributed by atoms with Gasteiger partial charge in [-0.3, -0.25) is 15.0 Å². The molecule has 17 nitrogen and oxygen atoms in total. The molecule has 0 aliphatic carbocycles. The standard InChI is InChI=1S/C27H33N9O8S/c28-22(31-15-5-7-30-8-6-15)14-1-3-16(4-2-14)43-12-19(25(39)40)44-35-21(18-13-45-26(29)33-18)24(38)34-20-17(32-23(20)37)11-36-9-10-42-27(36)41/h1-4,13,15,17,19-20,30H,5-12H2,(H2,28,31)(H2,29,33)(H,32,37)(H,34,38)(H,39,40)/t17-,19-,20-/m0/s1. The summed E-state index contributed by atoms with van der Waals surface area (Å²) in [5.74, 6) is -2.13. The molecule has 0 bridgehead atoms. The van der Waals surface area contributed by atoms with Crippen LogP contribution in [0.1, 0.15) is 24.1 Å². The number of ether oxygens (including phenoxy) is 2. The molecule has 2 aromatic rings. The number of nitrogens with zero attached hydrogens (tertiary/aromatic N) is 3. The highest BCUT2D eigenvalue weighted by Crippen LogP contribution is 2.17. The number of thiazole rings is 1. The molecule has 0 radical (unpaired) electrons. The Labute approximate surface area is 261 Å². The predicted molar refractivity (Wildman–Crippen MR) is 160 cm³/mol. The number of hydrogen-bond donors (Lipinski definition) is 7. The molecule has 4 heterocycles. The molecule has 3 fully saturated rings. The van der Waals surface area contributed by atoms with Crippen molar-refractivity contribution in [3.05, 3.63) is 40.9 Å². The highest BCUT2D eigenvalue weighted by atomic mass is 32.1. The number of carboxylic acids is 1. The van der Waals surface area contributed by atoms with E-state index >= 15 is 0 Å². The highest BCUT2D eigenvalue weighted by Gasteiger charge is 2.43. The van der Waals surface area contributed by atoms with E-state index in [1.807, 2.05) is 0 Å². The van der Waals surface area contributed by atoms with Gasteiger partial charge in [0.05, 0.1) is 12.6 Å². The van der Waals surface area contributed by atoms with Crippen LogP contribution in [0.15, 0.2) is 34.8 Å². The number of β-lactam (4-membered cyclic amide) rings is 1. The molecule has 8 N–H and O–H groups in total. The van der Waals surface area contributed by atoms with Crippen LogP contribution in [0.25, 0.3) is 0 Å². The lowest BCUT2D eigenvalue weighted by Gasteiger charge is -2.38. The third kappa shape index (κ3) is 7.95. The second-order valence-corrected chi connectivity index (χ2v) is 11.3. The zero-order chi connectivity index (χ0) is 31.9. The van der Waals surface area contributed by atoms with E-state index in [0.717, 1.165) is 37.3 Å². The second kappa shape index (κ2) is 14.2. The smallest absolute Gasteiger partial charge is 0.410 e. The van der Waals surface area contributed by atoms with Gasteiger partial charge in [0.1, 0.15) is 36.5 Å². The van der Waals surface area contributed by atoms with E-state index in [1.165, 1.54) is 10.3 Å². The molecule has 45 heavy (non-hydrogen) atoms. The molecule has 0 saturated carbocycles. The summed E-state index contributed by atoms with van der Waals surface area (Å²) < 4.78 is 10.5. The fourth-order valence-electron chi connectivity index (χ4n) is 4.81. The molecular formula is C27H33N9O8S. The van der Waals surface area contributed by atoms with E-state index in [-0.39, 0.29) is 35.9 Å². The van der Waals surface area contributed by atoms with Crippen molar-refractivity contribution >= 4 is 51.9 Å². The topological polar surface area (TPSA) is 243 Å². The minimum absolute atomic E-state index is 0.00981. The van der Waals surface area contributed by atoms with Crippen LogP contribution in [0.5, 0.6) is 5.75 Å². The van der Waals surface area contributed by atoms with Crippen LogP contribution in [-0.2, 0) is 24.0 Å². The fourth-order valence-corrected chi connectivity index (χ4v) is 5.35. The summed E-state index contributed by atoms with van der Waals surface area (Å²) in [6.07, 6.45) is -0.287. The van der Waals surface area contributed by atoms with Crippen LogP contribution < -0.4 is 31.7 Å². The Morgan fingerprint density at radius 1 is 1.24 bits per heavy atom. The number of carbonyl (C=O) groups is 4. The number of anilines is 1. The molecule has 3 saturated heterocycles. The number of oxime groups is 1. The monoisotopic (exact) mass is 643 g/mol. The molecule has 3 atom stereocenters. The molecule has 0 spiro atoms. The molecule has 3 amide bonds. The summed E-state index contributed by atoms with van der Waals surface area (Å²) in [5.41, 5.74) is 5.98. The van der Waals surface area contributed by atoms with E-state index in [9.17, 15) is 24.3 Å². The Bertz CT molecular complexity index is 1460. The number of hydrogen-bond acceptors (Lipinski definition) is 13. The van der Waals surface area contributed by atoms with Crippen molar-refractivity contribution < 1.29 is 38.6 Å². The summed E-state index contributed by atoms with van der Waals surface area (Å²) in [5, 5.41) is 35.1. The molecule has 3 aliphatic heterocycles. The maximum absolute atomic E-state index is 13.2. The van der Waals surface area contributed by atoms with Gasteiger partial charge in [0.2, 0.25) is 5.91 Å². The van der Waals surface area contributed by atoms with Gasteiger partial charge in [0, 0.05) is 23.5 Å². The number of amidine groups is 1. The summed E-state index contributed by atoms with van der Waals surface area (Å²) in [6.45, 7) is 2.04. The Kier molecular flexibility index (Phi) is 9.93. The number of amides is 3. The number of nitrogen functional groups attached to an aromatic ring is 1. The highest BCUT2D eigenvalue weighted by molar-refractivity contribution is 7.13. The van der Waals surface area contributed by atoms with Gasteiger partial charge in [-0.15, -0.1) is 11.3 Å². The zero-order valence-corrected chi connectivity index (χ0v) is 24.8. The van der Waals surface area contributed by atoms with Gasteiger partial charge in [-0.2, -0.15) is 0 Å². The third-order valence-corrected chi connectivity index (χ3v) is 7.99. The Morgan fingerprint density at radius 2 is 2.00 bits per heavy atom. The molecule has 5 rings (SSSR count). The van der Waals surface area contributed by atoms with Gasteiger partial charge in [-0.05, 0) is 50.2 Å². The number of aliphatic carboxylic acids is 1. The van der Waals surface area contributed by atoms with Crippen molar-refractivity contribution in [1.82, 2.24) is 31.2 Å². The zero-order valence-electron chi connectivity index (χ0n) is 24.0. The van der Waals surface area contributed by atoms with Crippen molar-refractivity contribution in [1.29, 1.82) is 5.41 Å². The van der Waals surface area contributed by atoms with Gasteiger partial charge >= 0.3 is 12.1 Å². The Balaban J connectivity index is 1.20.